The Morgan fingerprint density at radius 2 is 1.75 bits per heavy atom. The average molecular weight is 334 g/mol. The second-order valence-electron chi connectivity index (χ2n) is 7.59. The molecule has 0 saturated heterocycles. The molecule has 1 aromatic rings. The predicted molar refractivity (Wildman–Crippen MR) is 96.8 cm³/mol. The molecule has 1 rings (SSSR count). The molecule has 0 saturated carbocycles. The fraction of sp³-hybridized carbons (Fsp3) is 0.579. The lowest BCUT2D eigenvalue weighted by atomic mass is 9.81. The summed E-state index contributed by atoms with van der Waals surface area (Å²) in [5.41, 5.74) is 1.18. The zero-order valence-corrected chi connectivity index (χ0v) is 15.5. The van der Waals surface area contributed by atoms with E-state index in [9.17, 15) is 14.7 Å². The largest absolute Gasteiger partial charge is 0.392 e. The Bertz CT molecular complexity index is 580. The highest BCUT2D eigenvalue weighted by Gasteiger charge is 2.31. The molecule has 0 fully saturated rings. The van der Waals surface area contributed by atoms with Crippen LogP contribution in [0.4, 0.5) is 5.69 Å². The maximum Gasteiger partial charge on any atom is 0.313 e. The molecule has 134 valence electrons. The van der Waals surface area contributed by atoms with Crippen molar-refractivity contribution in [3.63, 3.8) is 0 Å². The average Bonchev–Trinajstić information content (AvgIpc) is 2.51. The molecule has 24 heavy (non-hydrogen) atoms. The molecule has 0 radical (unpaired) electrons. The quantitative estimate of drug-likeness (QED) is 0.700. The molecule has 0 aliphatic heterocycles. The van der Waals surface area contributed by atoms with Crippen LogP contribution in [0.3, 0.4) is 0 Å². The summed E-state index contributed by atoms with van der Waals surface area (Å²) in [5, 5.41) is 15.4. The molecule has 3 N–H and O–H groups in total. The Hall–Kier alpha value is -1.88. The third kappa shape index (κ3) is 5.64. The molecule has 5 heteroatoms. The van der Waals surface area contributed by atoms with E-state index < -0.39 is 23.3 Å². The van der Waals surface area contributed by atoms with E-state index in [4.69, 9.17) is 0 Å². The van der Waals surface area contributed by atoms with Crippen LogP contribution in [0.15, 0.2) is 24.3 Å². The van der Waals surface area contributed by atoms with Crippen LogP contribution >= 0.6 is 0 Å². The van der Waals surface area contributed by atoms with Gasteiger partial charge in [0, 0.05) is 17.6 Å². The van der Waals surface area contributed by atoms with Crippen LogP contribution < -0.4 is 10.6 Å². The molecule has 0 aliphatic rings. The van der Waals surface area contributed by atoms with Crippen molar-refractivity contribution in [2.45, 2.75) is 53.6 Å². The van der Waals surface area contributed by atoms with Gasteiger partial charge in [-0.3, -0.25) is 9.59 Å². The van der Waals surface area contributed by atoms with Crippen LogP contribution in [-0.2, 0) is 9.59 Å². The Morgan fingerprint density at radius 3 is 2.29 bits per heavy atom. The first-order chi connectivity index (χ1) is 11.0. The molecule has 2 amide bonds. The number of hydrogen-bond donors (Lipinski definition) is 3. The molecule has 0 aliphatic carbocycles. The van der Waals surface area contributed by atoms with Crippen LogP contribution in [0.1, 0.15) is 53.0 Å². The Labute approximate surface area is 144 Å². The van der Waals surface area contributed by atoms with Gasteiger partial charge in [-0.2, -0.15) is 0 Å². The summed E-state index contributed by atoms with van der Waals surface area (Å²) in [5.74, 6) is -0.988. The summed E-state index contributed by atoms with van der Waals surface area (Å²) >= 11 is 0. The van der Waals surface area contributed by atoms with E-state index in [-0.39, 0.29) is 12.5 Å². The van der Waals surface area contributed by atoms with Gasteiger partial charge in [0.1, 0.15) is 0 Å². The minimum Gasteiger partial charge on any atom is -0.392 e. The van der Waals surface area contributed by atoms with Gasteiger partial charge in [-0.1, -0.05) is 53.7 Å². The highest BCUT2D eigenvalue weighted by atomic mass is 16.3. The van der Waals surface area contributed by atoms with E-state index in [1.54, 1.807) is 6.07 Å². The predicted octanol–water partition coefficient (Wildman–Crippen LogP) is 2.91. The number of anilines is 1. The number of aliphatic hydroxyl groups excluding tert-OH is 1. The lowest BCUT2D eigenvalue weighted by Crippen LogP contribution is -2.46. The van der Waals surface area contributed by atoms with Crippen molar-refractivity contribution < 1.29 is 14.7 Å². The fourth-order valence-corrected chi connectivity index (χ4v) is 2.56. The first-order valence-electron chi connectivity index (χ1n) is 8.42. The van der Waals surface area contributed by atoms with E-state index in [0.717, 1.165) is 5.56 Å². The fourth-order valence-electron chi connectivity index (χ4n) is 2.56. The number of carbonyl (C=O) groups is 2. The summed E-state index contributed by atoms with van der Waals surface area (Å²) < 4.78 is 0. The van der Waals surface area contributed by atoms with Crippen LogP contribution in [0, 0.1) is 11.3 Å². The number of rotatable bonds is 6. The molecular formula is C19H30N2O3. The monoisotopic (exact) mass is 334 g/mol. The number of carbonyl (C=O) groups excluding carboxylic acids is 2. The summed E-state index contributed by atoms with van der Waals surface area (Å²) in [4.78, 5) is 24.0. The van der Waals surface area contributed by atoms with Crippen LogP contribution in [0.2, 0.25) is 0 Å². The highest BCUT2D eigenvalue weighted by molar-refractivity contribution is 6.39. The second kappa shape index (κ2) is 8.29. The topological polar surface area (TPSA) is 78.4 Å². The lowest BCUT2D eigenvalue weighted by molar-refractivity contribution is -0.136. The first-order valence-corrected chi connectivity index (χ1v) is 8.42. The Kier molecular flexibility index (Phi) is 6.96. The van der Waals surface area contributed by atoms with Crippen molar-refractivity contribution in [1.29, 1.82) is 0 Å². The molecule has 1 aromatic carbocycles. The van der Waals surface area contributed by atoms with Gasteiger partial charge in [-0.15, -0.1) is 0 Å². The molecular weight excluding hydrogens is 304 g/mol. The van der Waals surface area contributed by atoms with E-state index >= 15 is 0 Å². The maximum atomic E-state index is 12.0. The molecule has 1 unspecified atom stereocenters. The first kappa shape index (κ1) is 20.2. The summed E-state index contributed by atoms with van der Waals surface area (Å²) in [6.07, 6.45) is -0.566. The Morgan fingerprint density at radius 1 is 1.12 bits per heavy atom. The third-order valence-electron chi connectivity index (χ3n) is 4.15. The van der Waals surface area contributed by atoms with E-state index in [0.29, 0.717) is 11.6 Å². The zero-order valence-electron chi connectivity index (χ0n) is 15.5. The van der Waals surface area contributed by atoms with Gasteiger partial charge >= 0.3 is 11.8 Å². The number of nitrogens with one attached hydrogen (secondary N) is 2. The van der Waals surface area contributed by atoms with Crippen LogP contribution in [-0.4, -0.2) is 29.6 Å². The van der Waals surface area contributed by atoms with E-state index in [2.05, 4.69) is 24.5 Å². The van der Waals surface area contributed by atoms with Gasteiger partial charge in [0.15, 0.2) is 0 Å². The summed E-state index contributed by atoms with van der Waals surface area (Å²) in [6.45, 7) is 11.9. The van der Waals surface area contributed by atoms with Gasteiger partial charge < -0.3 is 15.7 Å². The SMILES string of the molecule is CC(C)c1cccc(NC(=O)C(=O)NCC(C)(C)C(O)C(C)C)c1. The number of hydrogen-bond acceptors (Lipinski definition) is 3. The third-order valence-corrected chi connectivity index (χ3v) is 4.15. The van der Waals surface area contributed by atoms with Crippen molar-refractivity contribution in [3.8, 4) is 0 Å². The van der Waals surface area contributed by atoms with E-state index in [1.165, 1.54) is 0 Å². The van der Waals surface area contributed by atoms with Gasteiger partial charge in [-0.05, 0) is 29.5 Å². The Balaban J connectivity index is 2.63. The second-order valence-corrected chi connectivity index (χ2v) is 7.59. The molecule has 0 aromatic heterocycles. The van der Waals surface area contributed by atoms with E-state index in [1.807, 2.05) is 45.9 Å². The minimum absolute atomic E-state index is 0.0736. The number of benzene rings is 1. The molecule has 0 bridgehead atoms. The van der Waals surface area contributed by atoms with Gasteiger partial charge in [0.25, 0.3) is 0 Å². The zero-order chi connectivity index (χ0) is 18.5. The normalized spacial score (nSPS) is 13.0. The highest BCUT2D eigenvalue weighted by Crippen LogP contribution is 2.25. The smallest absolute Gasteiger partial charge is 0.313 e. The van der Waals surface area contributed by atoms with Gasteiger partial charge in [0.05, 0.1) is 6.10 Å². The molecule has 5 nitrogen and oxygen atoms in total. The number of aliphatic hydroxyl groups is 1. The van der Waals surface area contributed by atoms with Crippen molar-refractivity contribution >= 4 is 17.5 Å². The lowest BCUT2D eigenvalue weighted by Gasteiger charge is -2.33. The molecule has 0 spiro atoms. The van der Waals surface area contributed by atoms with Crippen molar-refractivity contribution in [3.05, 3.63) is 29.8 Å². The van der Waals surface area contributed by atoms with Crippen LogP contribution in [0.25, 0.3) is 0 Å². The minimum atomic E-state index is -0.703. The molecule has 0 heterocycles. The van der Waals surface area contributed by atoms with Gasteiger partial charge in [-0.25, -0.2) is 0 Å². The summed E-state index contributed by atoms with van der Waals surface area (Å²) in [7, 11) is 0. The van der Waals surface area contributed by atoms with Gasteiger partial charge in [0.2, 0.25) is 0 Å². The number of amides is 2. The maximum absolute atomic E-state index is 12.0. The summed E-state index contributed by atoms with van der Waals surface area (Å²) in [6, 6.07) is 7.45. The van der Waals surface area contributed by atoms with Crippen LogP contribution in [0.5, 0.6) is 0 Å². The van der Waals surface area contributed by atoms with Crippen molar-refractivity contribution in [1.82, 2.24) is 5.32 Å². The molecule has 1 atom stereocenters. The standard InChI is InChI=1S/C19H30N2O3/c1-12(2)14-8-7-9-15(10-14)21-18(24)17(23)20-11-19(5,6)16(22)13(3)4/h7-10,12-13,16,22H,11H2,1-6H3,(H,20,23)(H,21,24). The van der Waals surface area contributed by atoms with Crippen molar-refractivity contribution in [2.75, 3.05) is 11.9 Å². The van der Waals surface area contributed by atoms with Crippen molar-refractivity contribution in [2.24, 2.45) is 11.3 Å².